The lowest BCUT2D eigenvalue weighted by atomic mass is 10.1. The van der Waals surface area contributed by atoms with Crippen LogP contribution in [0.5, 0.6) is 11.5 Å². The lowest BCUT2D eigenvalue weighted by molar-refractivity contribution is -0.118. The molecule has 0 saturated heterocycles. The molecule has 0 fully saturated rings. The Bertz CT molecular complexity index is 1260. The van der Waals surface area contributed by atoms with Crippen molar-refractivity contribution in [2.75, 3.05) is 19.0 Å². The van der Waals surface area contributed by atoms with Gasteiger partial charge in [0.25, 0.3) is 5.91 Å². The molecule has 7 heteroatoms. The van der Waals surface area contributed by atoms with Crippen molar-refractivity contribution >= 4 is 34.1 Å². The molecule has 0 spiro atoms. The first-order chi connectivity index (χ1) is 15.0. The molecule has 1 aromatic heterocycles. The van der Waals surface area contributed by atoms with E-state index < -0.39 is 11.7 Å². The molecule has 31 heavy (non-hydrogen) atoms. The largest absolute Gasteiger partial charge is 0.497 e. The highest BCUT2D eigenvalue weighted by molar-refractivity contribution is 6.31. The van der Waals surface area contributed by atoms with Gasteiger partial charge in [0.15, 0.2) is 6.61 Å². The van der Waals surface area contributed by atoms with E-state index in [1.54, 1.807) is 13.2 Å². The summed E-state index contributed by atoms with van der Waals surface area (Å²) in [4.78, 5) is 17.1. The Balaban J connectivity index is 1.58. The monoisotopic (exact) mass is 436 g/mol. The van der Waals surface area contributed by atoms with Crippen molar-refractivity contribution in [2.45, 2.75) is 0 Å². The number of rotatable bonds is 6. The van der Waals surface area contributed by atoms with E-state index in [2.05, 4.69) is 5.32 Å². The predicted molar refractivity (Wildman–Crippen MR) is 119 cm³/mol. The van der Waals surface area contributed by atoms with Crippen molar-refractivity contribution in [3.63, 3.8) is 0 Å². The van der Waals surface area contributed by atoms with Gasteiger partial charge in [0, 0.05) is 22.7 Å². The number of hydrogen-bond acceptors (Lipinski definition) is 4. The van der Waals surface area contributed by atoms with E-state index in [4.69, 9.17) is 26.1 Å². The first kappa shape index (κ1) is 20.6. The fourth-order valence-corrected chi connectivity index (χ4v) is 3.29. The fraction of sp³-hybridized carbons (Fsp3) is 0.0833. The summed E-state index contributed by atoms with van der Waals surface area (Å²) >= 11 is 5.76. The third-order valence-corrected chi connectivity index (χ3v) is 4.90. The summed E-state index contributed by atoms with van der Waals surface area (Å²) in [6, 6.07) is 20.8. The van der Waals surface area contributed by atoms with Gasteiger partial charge < -0.3 is 14.8 Å². The minimum atomic E-state index is -0.552. The number of pyridine rings is 1. The van der Waals surface area contributed by atoms with Crippen LogP contribution in [0, 0.1) is 5.82 Å². The maximum atomic E-state index is 13.3. The number of fused-ring (bicyclic) bond motifs is 1. The average Bonchev–Trinajstić information content (AvgIpc) is 2.79. The number of para-hydroxylation sites is 1. The molecule has 4 rings (SSSR count). The van der Waals surface area contributed by atoms with Crippen LogP contribution in [0.4, 0.5) is 10.1 Å². The van der Waals surface area contributed by atoms with Gasteiger partial charge in [-0.15, -0.1) is 0 Å². The van der Waals surface area contributed by atoms with Crippen LogP contribution in [0.3, 0.4) is 0 Å². The Labute approximate surface area is 183 Å². The Hall–Kier alpha value is -3.64. The molecule has 0 bridgehead atoms. The van der Waals surface area contributed by atoms with Crippen LogP contribution in [-0.2, 0) is 4.79 Å². The second-order valence-electron chi connectivity index (χ2n) is 6.72. The number of hydrogen-bond donors (Lipinski definition) is 1. The lowest BCUT2D eigenvalue weighted by Gasteiger charge is -2.12. The number of ether oxygens (including phenoxy) is 2. The molecule has 156 valence electrons. The van der Waals surface area contributed by atoms with Gasteiger partial charge in [-0.2, -0.15) is 0 Å². The summed E-state index contributed by atoms with van der Waals surface area (Å²) in [7, 11) is 1.61. The molecule has 1 N–H and O–H groups in total. The molecular formula is C24H18ClFN2O3. The number of nitrogens with one attached hydrogen (secondary N) is 1. The van der Waals surface area contributed by atoms with E-state index in [0.29, 0.717) is 22.9 Å². The predicted octanol–water partition coefficient (Wildman–Crippen LogP) is 5.72. The SMILES string of the molecule is COc1cccc(-c2cc(OCC(=O)Nc3ccc(F)c(Cl)c3)c3ccccc3n2)c1. The summed E-state index contributed by atoms with van der Waals surface area (Å²) in [5.41, 5.74) is 2.68. The molecule has 1 heterocycles. The summed E-state index contributed by atoms with van der Waals surface area (Å²) in [6.45, 7) is -0.236. The normalized spacial score (nSPS) is 10.7. The Morgan fingerprint density at radius 1 is 1.06 bits per heavy atom. The van der Waals surface area contributed by atoms with E-state index in [-0.39, 0.29) is 11.6 Å². The number of nitrogens with zero attached hydrogens (tertiary/aromatic N) is 1. The van der Waals surface area contributed by atoms with Crippen molar-refractivity contribution in [3.8, 4) is 22.8 Å². The summed E-state index contributed by atoms with van der Waals surface area (Å²) in [6.07, 6.45) is 0. The quantitative estimate of drug-likeness (QED) is 0.420. The van der Waals surface area contributed by atoms with E-state index in [1.165, 1.54) is 18.2 Å². The molecular weight excluding hydrogens is 419 g/mol. The van der Waals surface area contributed by atoms with E-state index in [1.807, 2.05) is 48.5 Å². The van der Waals surface area contributed by atoms with Crippen LogP contribution >= 0.6 is 11.6 Å². The molecule has 0 aliphatic rings. The Kier molecular flexibility index (Phi) is 6.00. The molecule has 0 radical (unpaired) electrons. The Morgan fingerprint density at radius 3 is 2.71 bits per heavy atom. The molecule has 3 aromatic carbocycles. The third-order valence-electron chi connectivity index (χ3n) is 4.61. The van der Waals surface area contributed by atoms with E-state index >= 15 is 0 Å². The van der Waals surface area contributed by atoms with Crippen molar-refractivity contribution in [2.24, 2.45) is 0 Å². The second-order valence-corrected chi connectivity index (χ2v) is 7.13. The van der Waals surface area contributed by atoms with E-state index in [9.17, 15) is 9.18 Å². The zero-order valence-electron chi connectivity index (χ0n) is 16.6. The van der Waals surface area contributed by atoms with Crippen LogP contribution in [0.15, 0.2) is 72.8 Å². The van der Waals surface area contributed by atoms with Gasteiger partial charge in [-0.3, -0.25) is 4.79 Å². The summed E-state index contributed by atoms with van der Waals surface area (Å²) < 4.78 is 24.4. The van der Waals surface area contributed by atoms with Gasteiger partial charge in [-0.05, 0) is 42.5 Å². The zero-order chi connectivity index (χ0) is 21.8. The van der Waals surface area contributed by atoms with Crippen LogP contribution < -0.4 is 14.8 Å². The van der Waals surface area contributed by atoms with Crippen molar-refractivity contribution in [1.29, 1.82) is 0 Å². The molecule has 5 nitrogen and oxygen atoms in total. The highest BCUT2D eigenvalue weighted by Crippen LogP contribution is 2.31. The van der Waals surface area contributed by atoms with Crippen molar-refractivity contribution < 1.29 is 18.7 Å². The maximum Gasteiger partial charge on any atom is 0.262 e. The Morgan fingerprint density at radius 2 is 1.90 bits per heavy atom. The summed E-state index contributed by atoms with van der Waals surface area (Å²) in [5.74, 6) is 0.290. The molecule has 0 aliphatic heterocycles. The minimum Gasteiger partial charge on any atom is -0.497 e. The smallest absolute Gasteiger partial charge is 0.262 e. The van der Waals surface area contributed by atoms with Crippen LogP contribution in [0.1, 0.15) is 0 Å². The van der Waals surface area contributed by atoms with Gasteiger partial charge in [0.1, 0.15) is 17.3 Å². The number of halogens is 2. The van der Waals surface area contributed by atoms with Crippen molar-refractivity contribution in [1.82, 2.24) is 4.98 Å². The molecule has 0 saturated carbocycles. The highest BCUT2D eigenvalue weighted by atomic mass is 35.5. The molecule has 0 atom stereocenters. The molecule has 1 amide bonds. The van der Waals surface area contributed by atoms with Gasteiger partial charge in [0.05, 0.1) is 23.3 Å². The number of benzene rings is 3. The lowest BCUT2D eigenvalue weighted by Crippen LogP contribution is -2.20. The zero-order valence-corrected chi connectivity index (χ0v) is 17.3. The third kappa shape index (κ3) is 4.75. The van der Waals surface area contributed by atoms with Crippen molar-refractivity contribution in [3.05, 3.63) is 83.6 Å². The highest BCUT2D eigenvalue weighted by Gasteiger charge is 2.12. The van der Waals surface area contributed by atoms with Gasteiger partial charge in [0.2, 0.25) is 0 Å². The molecule has 4 aromatic rings. The number of anilines is 1. The van der Waals surface area contributed by atoms with E-state index in [0.717, 1.165) is 16.5 Å². The van der Waals surface area contributed by atoms with Crippen LogP contribution in [0.2, 0.25) is 5.02 Å². The second kappa shape index (κ2) is 9.02. The first-order valence-corrected chi connectivity index (χ1v) is 9.83. The number of methoxy groups -OCH3 is 1. The number of amides is 1. The average molecular weight is 437 g/mol. The first-order valence-electron chi connectivity index (χ1n) is 9.45. The fourth-order valence-electron chi connectivity index (χ4n) is 3.11. The van der Waals surface area contributed by atoms with Crippen LogP contribution in [0.25, 0.3) is 22.2 Å². The molecule has 0 aliphatic carbocycles. The minimum absolute atomic E-state index is 0.0678. The van der Waals surface area contributed by atoms with Gasteiger partial charge in [-0.1, -0.05) is 35.9 Å². The van der Waals surface area contributed by atoms with Gasteiger partial charge >= 0.3 is 0 Å². The molecule has 0 unspecified atom stereocenters. The number of carbonyl (C=O) groups excluding carboxylic acids is 1. The standard InChI is InChI=1S/C24H18ClFN2O3/c1-30-17-6-4-5-15(11-17)22-13-23(18-7-2-3-8-21(18)28-22)31-14-24(29)27-16-9-10-20(26)19(25)12-16/h2-13H,14H2,1H3,(H,27,29). The number of aromatic nitrogens is 1. The van der Waals surface area contributed by atoms with Gasteiger partial charge in [-0.25, -0.2) is 9.37 Å². The summed E-state index contributed by atoms with van der Waals surface area (Å²) in [5, 5.41) is 3.36. The van der Waals surface area contributed by atoms with Crippen LogP contribution in [-0.4, -0.2) is 24.6 Å². The topological polar surface area (TPSA) is 60.5 Å². The maximum absolute atomic E-state index is 13.3. The number of carbonyl (C=O) groups is 1.